The largest absolute Gasteiger partial charge is 0.486 e. The molecule has 1 rings (SSSR count). The van der Waals surface area contributed by atoms with Crippen molar-refractivity contribution < 1.29 is 13.2 Å². The van der Waals surface area contributed by atoms with Crippen molar-refractivity contribution >= 4 is 37.6 Å². The van der Waals surface area contributed by atoms with Crippen molar-refractivity contribution in [1.82, 2.24) is 0 Å². The highest BCUT2D eigenvalue weighted by atomic mass is 79.9. The Morgan fingerprint density at radius 2 is 2.17 bits per heavy atom. The van der Waals surface area contributed by atoms with Crippen molar-refractivity contribution in [3.8, 4) is 5.75 Å². The summed E-state index contributed by atoms with van der Waals surface area (Å²) >= 11 is 9.12. The minimum atomic E-state index is -3.90. The molecule has 0 heterocycles. The van der Waals surface area contributed by atoms with E-state index in [1.54, 1.807) is 6.07 Å². The van der Waals surface area contributed by atoms with Crippen LogP contribution in [0.1, 0.15) is 13.3 Å². The smallest absolute Gasteiger partial charge is 0.241 e. The van der Waals surface area contributed by atoms with Gasteiger partial charge < -0.3 is 4.74 Å². The van der Waals surface area contributed by atoms with E-state index in [-0.39, 0.29) is 22.3 Å². The lowest BCUT2D eigenvalue weighted by molar-refractivity contribution is 0.340. The van der Waals surface area contributed by atoms with Gasteiger partial charge in [-0.3, -0.25) is 0 Å². The third kappa shape index (κ3) is 3.98. The molecule has 0 aliphatic rings. The van der Waals surface area contributed by atoms with Gasteiger partial charge >= 0.3 is 0 Å². The van der Waals surface area contributed by atoms with Gasteiger partial charge in [0.25, 0.3) is 0 Å². The van der Waals surface area contributed by atoms with Crippen molar-refractivity contribution in [2.75, 3.05) is 6.61 Å². The van der Waals surface area contributed by atoms with Gasteiger partial charge in [-0.25, -0.2) is 13.6 Å². The van der Waals surface area contributed by atoms with Crippen LogP contribution >= 0.6 is 27.5 Å². The molecule has 0 saturated carbocycles. The molecule has 18 heavy (non-hydrogen) atoms. The van der Waals surface area contributed by atoms with Crippen molar-refractivity contribution in [3.05, 3.63) is 33.8 Å². The number of benzene rings is 1. The van der Waals surface area contributed by atoms with Crippen LogP contribution in [0.15, 0.2) is 33.7 Å². The molecule has 4 nitrogen and oxygen atoms in total. The molecule has 0 atom stereocenters. The number of primary sulfonamides is 1. The van der Waals surface area contributed by atoms with Crippen LogP contribution in [0, 0.1) is 0 Å². The first-order valence-corrected chi connectivity index (χ1v) is 7.78. The summed E-state index contributed by atoms with van der Waals surface area (Å²) in [6.45, 7) is 5.89. The van der Waals surface area contributed by atoms with E-state index in [1.165, 1.54) is 6.07 Å². The van der Waals surface area contributed by atoms with E-state index >= 15 is 0 Å². The summed E-state index contributed by atoms with van der Waals surface area (Å²) in [7, 11) is -3.90. The zero-order chi connectivity index (χ0) is 13.9. The van der Waals surface area contributed by atoms with E-state index in [1.807, 2.05) is 6.92 Å². The summed E-state index contributed by atoms with van der Waals surface area (Å²) in [5.41, 5.74) is 0.828. The molecule has 0 aliphatic heterocycles. The first-order chi connectivity index (χ1) is 8.25. The molecule has 0 unspecified atom stereocenters. The summed E-state index contributed by atoms with van der Waals surface area (Å²) in [4.78, 5) is -0.147. The molecule has 7 heteroatoms. The van der Waals surface area contributed by atoms with Crippen LogP contribution in [0.25, 0.3) is 0 Å². The molecule has 100 valence electrons. The zero-order valence-corrected chi connectivity index (χ0v) is 12.9. The molecule has 0 bridgehead atoms. The summed E-state index contributed by atoms with van der Waals surface area (Å²) < 4.78 is 28.8. The Labute approximate surface area is 120 Å². The molecule has 2 N–H and O–H groups in total. The first kappa shape index (κ1) is 15.5. The van der Waals surface area contributed by atoms with Crippen LogP contribution in [-0.2, 0) is 10.0 Å². The van der Waals surface area contributed by atoms with E-state index in [9.17, 15) is 8.42 Å². The minimum absolute atomic E-state index is 0.0527. The molecule has 0 radical (unpaired) electrons. The Hall–Kier alpha value is -0.560. The van der Waals surface area contributed by atoms with Gasteiger partial charge in [0.1, 0.15) is 11.5 Å². The molecule has 1 aromatic rings. The van der Waals surface area contributed by atoms with Gasteiger partial charge in [-0.2, -0.15) is 0 Å². The predicted octanol–water partition coefficient (Wildman–Crippen LogP) is 3.09. The van der Waals surface area contributed by atoms with Crippen LogP contribution in [0.5, 0.6) is 5.75 Å². The fraction of sp³-hybridized carbons (Fsp3) is 0.273. The van der Waals surface area contributed by atoms with Gasteiger partial charge in [-0.15, -0.1) is 0 Å². The Bertz CT molecular complexity index is 572. The van der Waals surface area contributed by atoms with Gasteiger partial charge in [0, 0.05) is 4.47 Å². The second kappa shape index (κ2) is 6.06. The standard InChI is InChI=1S/C11H13BrClNO3S/c1-3-7(2)6-17-11-9(13)4-8(12)5-10(11)18(14,15)16/h4-5H,2-3,6H2,1H3,(H2,14,15,16). The molecular formula is C11H13BrClNO3S. The maximum absolute atomic E-state index is 11.5. The van der Waals surface area contributed by atoms with E-state index in [0.29, 0.717) is 4.47 Å². The molecular weight excluding hydrogens is 342 g/mol. The van der Waals surface area contributed by atoms with Crippen molar-refractivity contribution in [1.29, 1.82) is 0 Å². The number of hydrogen-bond donors (Lipinski definition) is 1. The molecule has 0 fully saturated rings. The summed E-state index contributed by atoms with van der Waals surface area (Å²) in [6.07, 6.45) is 0.735. The molecule has 0 amide bonds. The zero-order valence-electron chi connectivity index (χ0n) is 9.74. The highest BCUT2D eigenvalue weighted by molar-refractivity contribution is 9.10. The third-order valence-corrected chi connectivity index (χ3v) is 3.86. The second-order valence-electron chi connectivity index (χ2n) is 3.65. The van der Waals surface area contributed by atoms with Gasteiger partial charge in [0.05, 0.1) is 5.02 Å². The summed E-state index contributed by atoms with van der Waals surface area (Å²) in [5, 5.41) is 5.30. The highest BCUT2D eigenvalue weighted by Crippen LogP contribution is 2.35. The maximum Gasteiger partial charge on any atom is 0.241 e. The summed E-state index contributed by atoms with van der Waals surface area (Å²) in [5.74, 6) is 0.0527. The Balaban J connectivity index is 3.21. The Morgan fingerprint density at radius 1 is 1.56 bits per heavy atom. The number of nitrogens with two attached hydrogens (primary N) is 1. The Kier molecular flexibility index (Phi) is 5.21. The molecule has 1 aromatic carbocycles. The van der Waals surface area contributed by atoms with Gasteiger partial charge in [0.15, 0.2) is 5.75 Å². The van der Waals surface area contributed by atoms with Crippen LogP contribution < -0.4 is 9.88 Å². The molecule has 0 saturated heterocycles. The van der Waals surface area contributed by atoms with Crippen molar-refractivity contribution in [3.63, 3.8) is 0 Å². The molecule has 0 spiro atoms. The molecule has 0 aliphatic carbocycles. The van der Waals surface area contributed by atoms with Crippen LogP contribution in [0.3, 0.4) is 0 Å². The normalized spacial score (nSPS) is 11.3. The fourth-order valence-corrected chi connectivity index (χ4v) is 2.95. The van der Waals surface area contributed by atoms with Crippen molar-refractivity contribution in [2.24, 2.45) is 5.14 Å². The second-order valence-corrected chi connectivity index (χ2v) is 6.50. The van der Waals surface area contributed by atoms with E-state index in [2.05, 4.69) is 22.5 Å². The van der Waals surface area contributed by atoms with Crippen LogP contribution in [-0.4, -0.2) is 15.0 Å². The van der Waals surface area contributed by atoms with Gasteiger partial charge in [-0.1, -0.05) is 41.0 Å². The minimum Gasteiger partial charge on any atom is -0.486 e. The van der Waals surface area contributed by atoms with E-state index in [4.69, 9.17) is 21.5 Å². The number of sulfonamides is 1. The fourth-order valence-electron chi connectivity index (χ4n) is 1.16. The predicted molar refractivity (Wildman–Crippen MR) is 75.5 cm³/mol. The highest BCUT2D eigenvalue weighted by Gasteiger charge is 2.19. The average molecular weight is 355 g/mol. The SMILES string of the molecule is C=C(CC)COc1c(Cl)cc(Br)cc1S(N)(=O)=O. The quantitative estimate of drug-likeness (QED) is 0.826. The van der Waals surface area contributed by atoms with E-state index in [0.717, 1.165) is 12.0 Å². The lowest BCUT2D eigenvalue weighted by Crippen LogP contribution is -2.15. The van der Waals surface area contributed by atoms with E-state index < -0.39 is 10.0 Å². The van der Waals surface area contributed by atoms with Crippen LogP contribution in [0.4, 0.5) is 0 Å². The number of halogens is 2. The number of rotatable bonds is 5. The third-order valence-electron chi connectivity index (χ3n) is 2.20. The molecule has 0 aromatic heterocycles. The Morgan fingerprint density at radius 3 is 2.67 bits per heavy atom. The van der Waals surface area contributed by atoms with Crippen LogP contribution in [0.2, 0.25) is 5.02 Å². The van der Waals surface area contributed by atoms with Gasteiger partial charge in [0.2, 0.25) is 10.0 Å². The maximum atomic E-state index is 11.5. The summed E-state index contributed by atoms with van der Waals surface area (Å²) in [6, 6.07) is 2.89. The average Bonchev–Trinajstić information content (AvgIpc) is 2.25. The van der Waals surface area contributed by atoms with Gasteiger partial charge in [-0.05, 0) is 24.1 Å². The lowest BCUT2D eigenvalue weighted by atomic mass is 10.2. The van der Waals surface area contributed by atoms with Crippen molar-refractivity contribution in [2.45, 2.75) is 18.2 Å². The monoisotopic (exact) mass is 353 g/mol. The number of hydrogen-bond acceptors (Lipinski definition) is 3. The number of ether oxygens (including phenoxy) is 1. The lowest BCUT2D eigenvalue weighted by Gasteiger charge is -2.13. The first-order valence-electron chi connectivity index (χ1n) is 5.07. The topological polar surface area (TPSA) is 69.4 Å².